The molecule has 0 aliphatic carbocycles. The van der Waals surface area contributed by atoms with E-state index in [-0.39, 0.29) is 0 Å². The molecule has 2 rings (SSSR count). The number of rotatable bonds is 5. The quantitative estimate of drug-likeness (QED) is 0.868. The monoisotopic (exact) mass is 262 g/mol. The molecule has 1 saturated heterocycles. The summed E-state index contributed by atoms with van der Waals surface area (Å²) >= 11 is 0. The molecule has 0 saturated carbocycles. The van der Waals surface area contributed by atoms with E-state index in [0.717, 1.165) is 24.7 Å². The number of likely N-dealkylation sites (tertiary alicyclic amines) is 1. The molecule has 0 spiro atoms. The highest BCUT2D eigenvalue weighted by Gasteiger charge is 2.21. The van der Waals surface area contributed by atoms with Crippen molar-refractivity contribution in [2.24, 2.45) is 11.7 Å². The third-order valence-corrected chi connectivity index (χ3v) is 3.92. The fourth-order valence-electron chi connectivity index (χ4n) is 2.98. The first-order valence-electron chi connectivity index (χ1n) is 7.15. The lowest BCUT2D eigenvalue weighted by Crippen LogP contribution is -2.28. The molecule has 4 heteroatoms. The van der Waals surface area contributed by atoms with Gasteiger partial charge in [-0.15, -0.1) is 0 Å². The van der Waals surface area contributed by atoms with E-state index in [1.807, 2.05) is 6.20 Å². The molecule has 0 bridgehead atoms. The Hall–Kier alpha value is -1.13. The van der Waals surface area contributed by atoms with E-state index in [4.69, 9.17) is 5.73 Å². The Labute approximate surface area is 116 Å². The number of aryl methyl sites for hydroxylation is 1. The Bertz CT molecular complexity index is 419. The van der Waals surface area contributed by atoms with Crippen LogP contribution in [-0.2, 0) is 6.42 Å². The lowest BCUT2D eigenvalue weighted by atomic mass is 10.1. The van der Waals surface area contributed by atoms with Crippen molar-refractivity contribution >= 4 is 5.82 Å². The van der Waals surface area contributed by atoms with E-state index in [1.54, 1.807) is 0 Å². The summed E-state index contributed by atoms with van der Waals surface area (Å²) in [5.41, 5.74) is 8.07. The van der Waals surface area contributed by atoms with Gasteiger partial charge in [0.15, 0.2) is 0 Å². The Kier molecular flexibility index (Phi) is 4.77. The van der Waals surface area contributed by atoms with Gasteiger partial charge in [-0.05, 0) is 56.9 Å². The Morgan fingerprint density at radius 2 is 2.32 bits per heavy atom. The second-order valence-electron chi connectivity index (χ2n) is 5.82. The van der Waals surface area contributed by atoms with Crippen molar-refractivity contribution in [3.63, 3.8) is 0 Å². The van der Waals surface area contributed by atoms with Gasteiger partial charge in [0, 0.05) is 26.3 Å². The highest BCUT2D eigenvalue weighted by Crippen LogP contribution is 2.21. The third kappa shape index (κ3) is 3.67. The number of aromatic nitrogens is 1. The highest BCUT2D eigenvalue weighted by atomic mass is 15.2. The van der Waals surface area contributed by atoms with E-state index >= 15 is 0 Å². The highest BCUT2D eigenvalue weighted by molar-refractivity contribution is 5.46. The number of anilines is 1. The fraction of sp³-hybridized carbons (Fsp3) is 0.667. The van der Waals surface area contributed by atoms with Gasteiger partial charge in [0.05, 0.1) is 0 Å². The average molecular weight is 262 g/mol. The first kappa shape index (κ1) is 14.3. The number of hydrogen-bond donors (Lipinski definition) is 1. The van der Waals surface area contributed by atoms with Crippen LogP contribution in [0.5, 0.6) is 0 Å². The number of hydrogen-bond acceptors (Lipinski definition) is 4. The summed E-state index contributed by atoms with van der Waals surface area (Å²) in [5.74, 6) is 1.87. The lowest BCUT2D eigenvalue weighted by molar-refractivity contribution is 0.395. The van der Waals surface area contributed by atoms with E-state index in [9.17, 15) is 0 Å². The molecule has 1 fully saturated rings. The average Bonchev–Trinajstić information content (AvgIpc) is 2.75. The van der Waals surface area contributed by atoms with Crippen LogP contribution in [0.15, 0.2) is 12.3 Å². The van der Waals surface area contributed by atoms with Crippen LogP contribution in [0, 0.1) is 12.8 Å². The molecule has 1 atom stereocenters. The van der Waals surface area contributed by atoms with Crippen molar-refractivity contribution < 1.29 is 0 Å². The third-order valence-electron chi connectivity index (χ3n) is 3.92. The van der Waals surface area contributed by atoms with Crippen LogP contribution in [-0.4, -0.2) is 50.2 Å². The second kappa shape index (κ2) is 6.35. The van der Waals surface area contributed by atoms with Gasteiger partial charge in [-0.3, -0.25) is 0 Å². The maximum absolute atomic E-state index is 5.59. The van der Waals surface area contributed by atoms with Crippen LogP contribution in [0.3, 0.4) is 0 Å². The van der Waals surface area contributed by atoms with Gasteiger partial charge >= 0.3 is 0 Å². The maximum Gasteiger partial charge on any atom is 0.131 e. The molecule has 1 unspecified atom stereocenters. The van der Waals surface area contributed by atoms with E-state index < -0.39 is 0 Å². The van der Waals surface area contributed by atoms with Gasteiger partial charge in [0.25, 0.3) is 0 Å². The molecule has 0 aromatic carbocycles. The molecule has 1 aromatic rings. The van der Waals surface area contributed by atoms with Gasteiger partial charge in [0.1, 0.15) is 5.82 Å². The van der Waals surface area contributed by atoms with E-state index in [1.165, 1.54) is 30.6 Å². The number of nitrogens with zero attached hydrogens (tertiary/aromatic N) is 3. The number of pyridine rings is 1. The topological polar surface area (TPSA) is 45.4 Å². The van der Waals surface area contributed by atoms with Crippen LogP contribution in [0.1, 0.15) is 17.5 Å². The van der Waals surface area contributed by atoms with Crippen LogP contribution in [0.2, 0.25) is 0 Å². The molecule has 1 aliphatic rings. The van der Waals surface area contributed by atoms with Crippen LogP contribution < -0.4 is 10.6 Å². The molecule has 19 heavy (non-hydrogen) atoms. The summed E-state index contributed by atoms with van der Waals surface area (Å²) in [6.45, 7) is 6.34. The molecule has 106 valence electrons. The first-order chi connectivity index (χ1) is 9.10. The Morgan fingerprint density at radius 1 is 1.53 bits per heavy atom. The SMILES string of the molecule is Cc1cc(CCN)cnc1N(C)CC1CCN(C)C1. The fourth-order valence-corrected chi connectivity index (χ4v) is 2.98. The van der Waals surface area contributed by atoms with Gasteiger partial charge in [-0.25, -0.2) is 4.98 Å². The molecular weight excluding hydrogens is 236 g/mol. The minimum absolute atomic E-state index is 0.685. The van der Waals surface area contributed by atoms with Crippen molar-refractivity contribution in [2.75, 3.05) is 45.2 Å². The Morgan fingerprint density at radius 3 is 2.89 bits per heavy atom. The van der Waals surface area contributed by atoms with Crippen molar-refractivity contribution in [1.82, 2.24) is 9.88 Å². The molecule has 1 aromatic heterocycles. The maximum atomic E-state index is 5.59. The zero-order chi connectivity index (χ0) is 13.8. The summed E-state index contributed by atoms with van der Waals surface area (Å²) in [4.78, 5) is 9.32. The second-order valence-corrected chi connectivity index (χ2v) is 5.82. The summed E-state index contributed by atoms with van der Waals surface area (Å²) in [7, 11) is 4.35. The Balaban J connectivity index is 2.00. The first-order valence-corrected chi connectivity index (χ1v) is 7.15. The van der Waals surface area contributed by atoms with Gasteiger partial charge in [-0.2, -0.15) is 0 Å². The number of nitrogens with two attached hydrogens (primary N) is 1. The van der Waals surface area contributed by atoms with Crippen LogP contribution in [0.25, 0.3) is 0 Å². The standard InChI is InChI=1S/C15H26N4/c1-12-8-13(4-6-16)9-17-15(12)19(3)11-14-5-7-18(2)10-14/h8-9,14H,4-7,10-11,16H2,1-3H3. The van der Waals surface area contributed by atoms with Gasteiger partial charge < -0.3 is 15.5 Å². The van der Waals surface area contributed by atoms with Crippen LogP contribution in [0.4, 0.5) is 5.82 Å². The lowest BCUT2D eigenvalue weighted by Gasteiger charge is -2.24. The molecule has 0 radical (unpaired) electrons. The van der Waals surface area contributed by atoms with Crippen molar-refractivity contribution in [2.45, 2.75) is 19.8 Å². The molecule has 4 nitrogen and oxygen atoms in total. The summed E-state index contributed by atoms with van der Waals surface area (Å²) in [5, 5.41) is 0. The van der Waals surface area contributed by atoms with E-state index in [0.29, 0.717) is 6.54 Å². The zero-order valence-corrected chi connectivity index (χ0v) is 12.4. The molecule has 1 aliphatic heterocycles. The van der Waals surface area contributed by atoms with Crippen molar-refractivity contribution in [1.29, 1.82) is 0 Å². The molecule has 2 heterocycles. The predicted molar refractivity (Wildman–Crippen MR) is 80.6 cm³/mol. The summed E-state index contributed by atoms with van der Waals surface area (Å²) in [6, 6.07) is 2.21. The van der Waals surface area contributed by atoms with E-state index in [2.05, 4.69) is 41.9 Å². The largest absolute Gasteiger partial charge is 0.359 e. The molecule has 0 amide bonds. The normalized spacial score (nSPS) is 19.9. The minimum atomic E-state index is 0.685. The van der Waals surface area contributed by atoms with Crippen LogP contribution >= 0.6 is 0 Å². The molecule has 2 N–H and O–H groups in total. The zero-order valence-electron chi connectivity index (χ0n) is 12.4. The van der Waals surface area contributed by atoms with Gasteiger partial charge in [-0.1, -0.05) is 6.07 Å². The smallest absolute Gasteiger partial charge is 0.131 e. The van der Waals surface area contributed by atoms with Crippen molar-refractivity contribution in [3.8, 4) is 0 Å². The van der Waals surface area contributed by atoms with Gasteiger partial charge in [0.2, 0.25) is 0 Å². The summed E-state index contributed by atoms with van der Waals surface area (Å²) in [6.07, 6.45) is 4.17. The van der Waals surface area contributed by atoms with Crippen molar-refractivity contribution in [3.05, 3.63) is 23.4 Å². The predicted octanol–water partition coefficient (Wildman–Crippen LogP) is 1.28. The summed E-state index contributed by atoms with van der Waals surface area (Å²) < 4.78 is 0. The minimum Gasteiger partial charge on any atom is -0.359 e. The molecular formula is C15H26N4.